The van der Waals surface area contributed by atoms with Crippen molar-refractivity contribution >= 4 is 28.4 Å². The molecule has 0 unspecified atom stereocenters. The Morgan fingerprint density at radius 2 is 1.93 bits per heavy atom. The van der Waals surface area contributed by atoms with Crippen molar-refractivity contribution in [1.29, 1.82) is 0 Å². The van der Waals surface area contributed by atoms with Crippen LogP contribution < -0.4 is 5.56 Å². The van der Waals surface area contributed by atoms with Gasteiger partial charge in [-0.15, -0.1) is 5.10 Å². The Hall–Kier alpha value is -2.73. The molecule has 0 N–H and O–H groups in total. The molecule has 1 fully saturated rings. The lowest BCUT2D eigenvalue weighted by molar-refractivity contribution is -0.134. The van der Waals surface area contributed by atoms with Crippen LogP contribution in [0.5, 0.6) is 0 Å². The number of amides is 1. The van der Waals surface area contributed by atoms with E-state index in [-0.39, 0.29) is 36.5 Å². The molecule has 0 bridgehead atoms. The van der Waals surface area contributed by atoms with Gasteiger partial charge in [0.25, 0.3) is 5.56 Å². The van der Waals surface area contributed by atoms with Crippen LogP contribution in [0, 0.1) is 0 Å². The summed E-state index contributed by atoms with van der Waals surface area (Å²) in [6, 6.07) is 14.8. The van der Waals surface area contributed by atoms with Crippen molar-refractivity contribution in [3.63, 3.8) is 0 Å². The quantitative estimate of drug-likeness (QED) is 0.638. The van der Waals surface area contributed by atoms with Crippen LogP contribution in [-0.2, 0) is 11.3 Å². The minimum Gasteiger partial charge on any atom is -0.333 e. The Kier molecular flexibility index (Phi) is 5.13. The van der Waals surface area contributed by atoms with E-state index in [0.29, 0.717) is 15.9 Å². The average molecular weight is 397 g/mol. The van der Waals surface area contributed by atoms with E-state index >= 15 is 0 Å². The van der Waals surface area contributed by atoms with E-state index in [2.05, 4.69) is 10.3 Å². The molecule has 144 valence electrons. The highest BCUT2D eigenvalue weighted by molar-refractivity contribution is 6.31. The van der Waals surface area contributed by atoms with E-state index in [1.807, 2.05) is 42.2 Å². The highest BCUT2D eigenvalue weighted by Crippen LogP contribution is 2.36. The van der Waals surface area contributed by atoms with Crippen molar-refractivity contribution in [2.45, 2.75) is 44.8 Å². The maximum absolute atomic E-state index is 13.0. The number of halogens is 1. The van der Waals surface area contributed by atoms with E-state index in [0.717, 1.165) is 18.4 Å². The lowest BCUT2D eigenvalue weighted by Gasteiger charge is -2.30. The van der Waals surface area contributed by atoms with Crippen LogP contribution in [-0.4, -0.2) is 31.8 Å². The second kappa shape index (κ2) is 7.72. The van der Waals surface area contributed by atoms with Gasteiger partial charge in [-0.25, -0.2) is 4.68 Å². The summed E-state index contributed by atoms with van der Waals surface area (Å²) in [5.74, 6) is -0.00298. The Labute approximate surface area is 167 Å². The molecule has 7 heteroatoms. The largest absolute Gasteiger partial charge is 0.333 e. The second-order valence-electron chi connectivity index (χ2n) is 7.11. The van der Waals surface area contributed by atoms with Crippen molar-refractivity contribution in [3.8, 4) is 0 Å². The first kappa shape index (κ1) is 18.6. The Morgan fingerprint density at radius 3 is 2.68 bits per heavy atom. The molecule has 1 amide bonds. The number of aromatic nitrogens is 3. The van der Waals surface area contributed by atoms with E-state index in [1.165, 1.54) is 4.68 Å². The van der Waals surface area contributed by atoms with Gasteiger partial charge in [-0.2, -0.15) is 0 Å². The van der Waals surface area contributed by atoms with Gasteiger partial charge in [0, 0.05) is 17.5 Å². The van der Waals surface area contributed by atoms with Crippen LogP contribution in [0.2, 0.25) is 5.02 Å². The Morgan fingerprint density at radius 1 is 1.21 bits per heavy atom. The predicted molar refractivity (Wildman–Crippen MR) is 108 cm³/mol. The summed E-state index contributed by atoms with van der Waals surface area (Å²) in [6.07, 6.45) is 2.19. The second-order valence-corrected chi connectivity index (χ2v) is 7.52. The van der Waals surface area contributed by atoms with Crippen LogP contribution in [0.3, 0.4) is 0 Å². The van der Waals surface area contributed by atoms with Gasteiger partial charge in [0.05, 0.1) is 18.0 Å². The van der Waals surface area contributed by atoms with Gasteiger partial charge in [-0.3, -0.25) is 9.59 Å². The number of benzene rings is 2. The fourth-order valence-electron chi connectivity index (χ4n) is 3.55. The normalized spacial score (nSPS) is 14.8. The Balaban J connectivity index is 1.53. The minimum atomic E-state index is -0.226. The summed E-state index contributed by atoms with van der Waals surface area (Å²) >= 11 is 6.34. The number of rotatable bonds is 6. The lowest BCUT2D eigenvalue weighted by Crippen LogP contribution is -2.37. The fourth-order valence-corrected chi connectivity index (χ4v) is 3.85. The van der Waals surface area contributed by atoms with Crippen LogP contribution in [0.4, 0.5) is 0 Å². The summed E-state index contributed by atoms with van der Waals surface area (Å²) in [5, 5.41) is 9.22. The number of hydrogen-bond acceptors (Lipinski definition) is 4. The zero-order valence-electron chi connectivity index (χ0n) is 15.6. The molecule has 1 heterocycles. The number of nitrogens with zero attached hydrogens (tertiary/aromatic N) is 4. The van der Waals surface area contributed by atoms with Gasteiger partial charge in [0.2, 0.25) is 5.91 Å². The maximum Gasteiger partial charge on any atom is 0.277 e. The molecule has 3 aromatic rings. The molecule has 1 aromatic heterocycles. The van der Waals surface area contributed by atoms with Crippen LogP contribution in [0.15, 0.2) is 53.3 Å². The van der Waals surface area contributed by atoms with Crippen molar-refractivity contribution in [1.82, 2.24) is 19.9 Å². The fraction of sp³-hybridized carbons (Fsp3) is 0.333. The van der Waals surface area contributed by atoms with Gasteiger partial charge in [0.1, 0.15) is 5.52 Å². The molecule has 0 saturated heterocycles. The molecule has 0 aliphatic heterocycles. The van der Waals surface area contributed by atoms with E-state index in [4.69, 9.17) is 11.6 Å². The smallest absolute Gasteiger partial charge is 0.277 e. The molecular formula is C21H21ClN4O2. The van der Waals surface area contributed by atoms with Crippen molar-refractivity contribution in [3.05, 3.63) is 69.5 Å². The van der Waals surface area contributed by atoms with Gasteiger partial charge in [0.15, 0.2) is 0 Å². The van der Waals surface area contributed by atoms with E-state index in [9.17, 15) is 9.59 Å². The molecule has 6 nitrogen and oxygen atoms in total. The Bertz CT molecular complexity index is 1080. The number of aryl methyl sites for hydroxylation is 1. The third kappa shape index (κ3) is 3.64. The summed E-state index contributed by atoms with van der Waals surface area (Å²) in [6.45, 7) is 2.20. The zero-order valence-corrected chi connectivity index (χ0v) is 16.3. The van der Waals surface area contributed by atoms with Gasteiger partial charge in [-0.1, -0.05) is 47.1 Å². The van der Waals surface area contributed by atoms with Crippen LogP contribution in [0.1, 0.15) is 37.8 Å². The first-order valence-electron chi connectivity index (χ1n) is 9.44. The molecule has 28 heavy (non-hydrogen) atoms. The molecule has 1 aliphatic rings. The van der Waals surface area contributed by atoms with E-state index in [1.54, 1.807) is 18.2 Å². The molecule has 2 aromatic carbocycles. The van der Waals surface area contributed by atoms with Crippen molar-refractivity contribution in [2.24, 2.45) is 0 Å². The third-order valence-corrected chi connectivity index (χ3v) is 5.51. The first-order valence-corrected chi connectivity index (χ1v) is 9.82. The highest BCUT2D eigenvalue weighted by Gasteiger charge is 2.36. The summed E-state index contributed by atoms with van der Waals surface area (Å²) in [7, 11) is 0. The molecule has 4 rings (SSSR count). The molecule has 0 radical (unpaired) electrons. The first-order chi connectivity index (χ1) is 13.6. The zero-order chi connectivity index (χ0) is 19.7. The molecule has 1 atom stereocenters. The summed E-state index contributed by atoms with van der Waals surface area (Å²) in [4.78, 5) is 27.5. The standard InChI is InChI=1S/C21H21ClN4O2/c1-14(16-6-2-4-8-18(16)22)26(15-10-11-15)20(27)12-13-25-21(28)17-7-3-5-9-19(17)23-24-25/h2-9,14-15H,10-13H2,1H3/t14-/m1/s1. The summed E-state index contributed by atoms with van der Waals surface area (Å²) in [5.41, 5.74) is 1.27. The van der Waals surface area contributed by atoms with Crippen LogP contribution >= 0.6 is 11.6 Å². The maximum atomic E-state index is 13.0. The topological polar surface area (TPSA) is 68.1 Å². The number of fused-ring (bicyclic) bond motifs is 1. The third-order valence-electron chi connectivity index (χ3n) is 5.17. The molecule has 0 spiro atoms. The molecular weight excluding hydrogens is 376 g/mol. The van der Waals surface area contributed by atoms with E-state index < -0.39 is 0 Å². The number of hydrogen-bond donors (Lipinski definition) is 0. The number of carbonyl (C=O) groups excluding carboxylic acids is 1. The predicted octanol–water partition coefficient (Wildman–Crippen LogP) is 3.59. The monoisotopic (exact) mass is 396 g/mol. The average Bonchev–Trinajstić information content (AvgIpc) is 3.53. The number of carbonyl (C=O) groups is 1. The van der Waals surface area contributed by atoms with Crippen LogP contribution in [0.25, 0.3) is 10.9 Å². The highest BCUT2D eigenvalue weighted by atomic mass is 35.5. The summed E-state index contributed by atoms with van der Waals surface area (Å²) < 4.78 is 1.27. The molecule has 1 aliphatic carbocycles. The van der Waals surface area contributed by atoms with Crippen molar-refractivity contribution < 1.29 is 4.79 Å². The lowest BCUT2D eigenvalue weighted by atomic mass is 10.1. The SMILES string of the molecule is C[C@H](c1ccccc1Cl)N(C(=O)CCn1nnc2ccccc2c1=O)C1CC1. The minimum absolute atomic E-state index is 0.00298. The van der Waals surface area contributed by atoms with Gasteiger partial charge in [-0.05, 0) is 43.5 Å². The van der Waals surface area contributed by atoms with Gasteiger partial charge >= 0.3 is 0 Å². The van der Waals surface area contributed by atoms with Gasteiger partial charge < -0.3 is 4.90 Å². The molecule has 1 saturated carbocycles. The van der Waals surface area contributed by atoms with Crippen molar-refractivity contribution in [2.75, 3.05) is 0 Å².